The van der Waals surface area contributed by atoms with Crippen LogP contribution in [0, 0.1) is 0 Å². The van der Waals surface area contributed by atoms with Gasteiger partial charge >= 0.3 is 5.69 Å². The summed E-state index contributed by atoms with van der Waals surface area (Å²) in [5, 5.41) is 8.92. The molecule has 0 aromatic carbocycles. The van der Waals surface area contributed by atoms with Crippen LogP contribution >= 0.6 is 11.8 Å². The number of hydrogen-bond acceptors (Lipinski definition) is 7. The molecule has 1 saturated carbocycles. The van der Waals surface area contributed by atoms with E-state index >= 15 is 0 Å². The lowest BCUT2D eigenvalue weighted by Crippen LogP contribution is -2.46. The second kappa shape index (κ2) is 10.2. The van der Waals surface area contributed by atoms with Gasteiger partial charge in [-0.15, -0.1) is 10.2 Å². The Morgan fingerprint density at radius 3 is 2.58 bits per heavy atom. The topological polar surface area (TPSA) is 132 Å². The monoisotopic (exact) mass is 449 g/mol. The summed E-state index contributed by atoms with van der Waals surface area (Å²) >= 11 is 1.28. The number of unbranched alkanes of at least 4 members (excludes halogenated alkanes) is 1. The van der Waals surface area contributed by atoms with Gasteiger partial charge in [-0.3, -0.25) is 19.1 Å². The van der Waals surface area contributed by atoms with E-state index in [0.717, 1.165) is 50.8 Å². The number of nitrogens with zero attached hydrogens (tertiary/aromatic N) is 5. The number of carbonyl (C=O) groups excluding carboxylic acids is 1. The molecule has 1 amide bonds. The largest absolute Gasteiger partial charge is 0.383 e. The molecule has 0 atom stereocenters. The van der Waals surface area contributed by atoms with E-state index in [4.69, 9.17) is 5.73 Å². The lowest BCUT2D eigenvalue weighted by Gasteiger charge is -2.29. The lowest BCUT2D eigenvalue weighted by atomic mass is 10.2. The summed E-state index contributed by atoms with van der Waals surface area (Å²) in [5.41, 5.74) is 5.22. The van der Waals surface area contributed by atoms with Crippen molar-refractivity contribution in [3.05, 3.63) is 26.7 Å². The van der Waals surface area contributed by atoms with Crippen LogP contribution in [-0.4, -0.2) is 42.0 Å². The molecule has 3 rings (SSSR count). The van der Waals surface area contributed by atoms with Gasteiger partial charge in [0, 0.05) is 26.1 Å². The third kappa shape index (κ3) is 4.86. The van der Waals surface area contributed by atoms with Crippen LogP contribution in [-0.2, 0) is 24.8 Å². The number of anilines is 2. The van der Waals surface area contributed by atoms with Crippen LogP contribution in [0.3, 0.4) is 0 Å². The van der Waals surface area contributed by atoms with Crippen LogP contribution in [0.4, 0.5) is 11.5 Å². The number of nitrogens with two attached hydrogens (primary N) is 1. The molecule has 1 aliphatic carbocycles. The van der Waals surface area contributed by atoms with Crippen LogP contribution in [0.5, 0.6) is 0 Å². The number of nitrogen functional groups attached to an aromatic ring is 1. The fraction of sp³-hybridized carbons (Fsp3) is 0.650. The van der Waals surface area contributed by atoms with Crippen molar-refractivity contribution in [2.75, 3.05) is 16.4 Å². The van der Waals surface area contributed by atoms with Gasteiger partial charge < -0.3 is 15.2 Å². The molecule has 2 aromatic heterocycles. The van der Waals surface area contributed by atoms with E-state index in [1.165, 1.54) is 21.2 Å². The first-order valence-electron chi connectivity index (χ1n) is 10.8. The van der Waals surface area contributed by atoms with Gasteiger partial charge in [-0.1, -0.05) is 44.9 Å². The van der Waals surface area contributed by atoms with Crippen LogP contribution < -0.4 is 21.9 Å². The van der Waals surface area contributed by atoms with Crippen molar-refractivity contribution in [1.29, 1.82) is 0 Å². The highest BCUT2D eigenvalue weighted by Gasteiger charge is 2.32. The lowest BCUT2D eigenvalue weighted by molar-refractivity contribution is -0.116. The number of aromatic nitrogens is 5. The maximum Gasteiger partial charge on any atom is 0.330 e. The van der Waals surface area contributed by atoms with Gasteiger partial charge in [0.25, 0.3) is 5.56 Å². The Bertz CT molecular complexity index is 1040. The van der Waals surface area contributed by atoms with Gasteiger partial charge in [0.05, 0.1) is 5.75 Å². The Morgan fingerprint density at radius 2 is 1.97 bits per heavy atom. The minimum absolute atomic E-state index is 0.0550. The number of thioether (sulfide) groups is 1. The third-order valence-corrected chi connectivity index (χ3v) is 6.72. The standard InChI is InChI=1S/C20H31N7O3S/c1-4-6-11-26-17(21)16(18(29)22-19(26)30)27(13-9-7-8-10-13)15(28)12-31-20-24-23-14(5-2)25(20)3/h13H,4-12,21H2,1-3H3,(H,22,29,30). The van der Waals surface area contributed by atoms with Gasteiger partial charge in [-0.2, -0.15) is 0 Å². The molecule has 2 aromatic rings. The Balaban J connectivity index is 1.94. The molecule has 10 nitrogen and oxygen atoms in total. The second-order valence-corrected chi connectivity index (χ2v) is 8.74. The maximum atomic E-state index is 13.4. The van der Waals surface area contributed by atoms with Crippen molar-refractivity contribution in [1.82, 2.24) is 24.3 Å². The van der Waals surface area contributed by atoms with E-state index in [-0.39, 0.29) is 29.2 Å². The van der Waals surface area contributed by atoms with Gasteiger partial charge in [-0.25, -0.2) is 4.79 Å². The third-order valence-electron chi connectivity index (χ3n) is 5.71. The molecule has 31 heavy (non-hydrogen) atoms. The quantitative estimate of drug-likeness (QED) is 0.557. The summed E-state index contributed by atoms with van der Waals surface area (Å²) in [6.07, 6.45) is 5.93. The average molecular weight is 450 g/mol. The van der Waals surface area contributed by atoms with Crippen molar-refractivity contribution >= 4 is 29.2 Å². The number of aromatic amines is 1. The molecule has 3 N–H and O–H groups in total. The van der Waals surface area contributed by atoms with Crippen molar-refractivity contribution in [2.45, 2.75) is 76.5 Å². The molecule has 170 valence electrons. The van der Waals surface area contributed by atoms with E-state index in [1.54, 1.807) is 0 Å². The Labute approximate surface area is 185 Å². The number of H-pyrrole nitrogens is 1. The van der Waals surface area contributed by atoms with Crippen LogP contribution in [0.25, 0.3) is 0 Å². The number of amides is 1. The molecule has 2 heterocycles. The molecule has 0 spiro atoms. The van der Waals surface area contributed by atoms with E-state index in [0.29, 0.717) is 11.7 Å². The highest BCUT2D eigenvalue weighted by atomic mass is 32.2. The predicted octanol–water partition coefficient (Wildman–Crippen LogP) is 1.68. The molecular weight excluding hydrogens is 418 g/mol. The molecular formula is C20H31N7O3S. The van der Waals surface area contributed by atoms with Gasteiger partial charge in [0.1, 0.15) is 11.6 Å². The van der Waals surface area contributed by atoms with Crippen molar-refractivity contribution in [3.8, 4) is 0 Å². The Morgan fingerprint density at radius 1 is 1.26 bits per heavy atom. The summed E-state index contributed by atoms with van der Waals surface area (Å²) in [5.74, 6) is 0.764. The zero-order valence-corrected chi connectivity index (χ0v) is 19.2. The zero-order valence-electron chi connectivity index (χ0n) is 18.4. The fourth-order valence-corrected chi connectivity index (χ4v) is 4.79. The first kappa shape index (κ1) is 23.1. The molecule has 0 radical (unpaired) electrons. The van der Waals surface area contributed by atoms with Gasteiger partial charge in [-0.05, 0) is 19.3 Å². The maximum absolute atomic E-state index is 13.4. The zero-order chi connectivity index (χ0) is 22.5. The summed E-state index contributed by atoms with van der Waals surface area (Å²) in [7, 11) is 1.87. The van der Waals surface area contributed by atoms with E-state index in [1.807, 2.05) is 25.5 Å². The highest BCUT2D eigenvalue weighted by molar-refractivity contribution is 7.99. The van der Waals surface area contributed by atoms with Crippen LogP contribution in [0.15, 0.2) is 14.7 Å². The van der Waals surface area contributed by atoms with Crippen molar-refractivity contribution in [3.63, 3.8) is 0 Å². The van der Waals surface area contributed by atoms with Crippen molar-refractivity contribution < 1.29 is 4.79 Å². The van der Waals surface area contributed by atoms with Crippen molar-refractivity contribution in [2.24, 2.45) is 7.05 Å². The first-order chi connectivity index (χ1) is 14.9. The number of carbonyl (C=O) groups is 1. The molecule has 0 aliphatic heterocycles. The first-order valence-corrected chi connectivity index (χ1v) is 11.8. The van der Waals surface area contributed by atoms with E-state index < -0.39 is 11.2 Å². The summed E-state index contributed by atoms with van der Waals surface area (Å²) in [6.45, 7) is 4.40. The minimum atomic E-state index is -0.618. The molecule has 11 heteroatoms. The predicted molar refractivity (Wildman–Crippen MR) is 121 cm³/mol. The number of hydrogen-bond donors (Lipinski definition) is 2. The summed E-state index contributed by atoms with van der Waals surface area (Å²) in [4.78, 5) is 42.3. The minimum Gasteiger partial charge on any atom is -0.383 e. The molecule has 0 saturated heterocycles. The molecule has 0 bridgehead atoms. The smallest absolute Gasteiger partial charge is 0.330 e. The van der Waals surface area contributed by atoms with Crippen LogP contribution in [0.2, 0.25) is 0 Å². The molecule has 1 aliphatic rings. The van der Waals surface area contributed by atoms with Gasteiger partial charge in [0.15, 0.2) is 10.8 Å². The average Bonchev–Trinajstić information content (AvgIpc) is 3.39. The Hall–Kier alpha value is -2.56. The molecule has 0 unspecified atom stereocenters. The summed E-state index contributed by atoms with van der Waals surface area (Å²) in [6, 6.07) is -0.112. The Kier molecular flexibility index (Phi) is 7.58. The highest BCUT2D eigenvalue weighted by Crippen LogP contribution is 2.30. The van der Waals surface area contributed by atoms with E-state index in [2.05, 4.69) is 15.2 Å². The number of nitrogens with one attached hydrogen (secondary N) is 1. The fourth-order valence-electron chi connectivity index (χ4n) is 4.00. The molecule has 1 fully saturated rings. The SMILES string of the molecule is CCCCn1c(N)c(N(C(=O)CSc2nnc(CC)n2C)C2CCCC2)c(=O)[nH]c1=O. The number of aryl methyl sites for hydroxylation is 1. The van der Waals surface area contributed by atoms with E-state index in [9.17, 15) is 14.4 Å². The van der Waals surface area contributed by atoms with Crippen LogP contribution in [0.1, 0.15) is 58.2 Å². The number of rotatable bonds is 9. The normalized spacial score (nSPS) is 14.3. The summed E-state index contributed by atoms with van der Waals surface area (Å²) < 4.78 is 3.22. The second-order valence-electron chi connectivity index (χ2n) is 7.80. The van der Waals surface area contributed by atoms with Gasteiger partial charge in [0.2, 0.25) is 5.91 Å².